The highest BCUT2D eigenvalue weighted by Gasteiger charge is 2.10. The van der Waals surface area contributed by atoms with Gasteiger partial charge in [0.25, 0.3) is 0 Å². The van der Waals surface area contributed by atoms with E-state index in [1.807, 2.05) is 31.2 Å². The van der Waals surface area contributed by atoms with Gasteiger partial charge in [-0.25, -0.2) is 0 Å². The third-order valence-electron chi connectivity index (χ3n) is 2.26. The Morgan fingerprint density at radius 2 is 2.12 bits per heavy atom. The molecule has 0 saturated carbocycles. The van der Waals surface area contributed by atoms with Crippen LogP contribution in [0.5, 0.6) is 0 Å². The number of hydrogen-bond donors (Lipinski definition) is 0. The number of carbonyl (C=O) groups is 1. The first-order chi connectivity index (χ1) is 7.61. The lowest BCUT2D eigenvalue weighted by molar-refractivity contribution is 0.112. The Labute approximate surface area is 111 Å². The molecule has 2 aromatic rings. The molecule has 82 valence electrons. The highest BCUT2D eigenvalue weighted by molar-refractivity contribution is 9.10. The first-order valence-corrected chi connectivity index (χ1v) is 6.61. The van der Waals surface area contributed by atoms with Crippen molar-refractivity contribution in [2.24, 2.45) is 0 Å². The molecule has 0 spiro atoms. The molecule has 0 N–H and O–H groups in total. The predicted molar refractivity (Wildman–Crippen MR) is 72.6 cm³/mol. The molecular weight excluding hydrogens is 308 g/mol. The molecule has 16 heavy (non-hydrogen) atoms. The van der Waals surface area contributed by atoms with Crippen molar-refractivity contribution < 1.29 is 4.79 Å². The van der Waals surface area contributed by atoms with Crippen LogP contribution in [0.2, 0.25) is 5.02 Å². The van der Waals surface area contributed by atoms with Crippen LogP contribution < -0.4 is 0 Å². The summed E-state index contributed by atoms with van der Waals surface area (Å²) >= 11 is 10.9. The summed E-state index contributed by atoms with van der Waals surface area (Å²) in [5.74, 6) is 0. The van der Waals surface area contributed by atoms with Crippen molar-refractivity contribution in [2.75, 3.05) is 0 Å². The Kier molecular flexibility index (Phi) is 3.47. The Balaban J connectivity index is 2.57. The van der Waals surface area contributed by atoms with Gasteiger partial charge in [0.2, 0.25) is 0 Å². The zero-order valence-electron chi connectivity index (χ0n) is 8.46. The number of aldehydes is 1. The average molecular weight is 316 g/mol. The first kappa shape index (κ1) is 11.8. The third kappa shape index (κ3) is 2.21. The molecule has 0 aliphatic carbocycles. The van der Waals surface area contributed by atoms with E-state index in [0.29, 0.717) is 0 Å². The van der Waals surface area contributed by atoms with Crippen LogP contribution in [0.15, 0.2) is 28.7 Å². The average Bonchev–Trinajstić information content (AvgIpc) is 2.60. The normalized spacial score (nSPS) is 10.4. The first-order valence-electron chi connectivity index (χ1n) is 4.63. The summed E-state index contributed by atoms with van der Waals surface area (Å²) in [5, 5.41) is 0.726. The van der Waals surface area contributed by atoms with Crippen LogP contribution in [0, 0.1) is 6.92 Å². The van der Waals surface area contributed by atoms with Gasteiger partial charge in [-0.05, 0) is 52.2 Å². The molecule has 0 atom stereocenters. The van der Waals surface area contributed by atoms with Crippen LogP contribution >= 0.6 is 38.9 Å². The molecule has 2 rings (SSSR count). The number of hydrogen-bond acceptors (Lipinski definition) is 2. The number of carbonyl (C=O) groups excluding carboxylic acids is 1. The quantitative estimate of drug-likeness (QED) is 0.716. The largest absolute Gasteiger partial charge is 0.297 e. The van der Waals surface area contributed by atoms with Crippen LogP contribution in [0.4, 0.5) is 0 Å². The Morgan fingerprint density at radius 1 is 1.38 bits per heavy atom. The molecule has 0 fully saturated rings. The van der Waals surface area contributed by atoms with Crippen LogP contribution in [-0.4, -0.2) is 6.29 Å². The van der Waals surface area contributed by atoms with Gasteiger partial charge in [-0.1, -0.05) is 17.7 Å². The molecule has 0 bridgehead atoms. The van der Waals surface area contributed by atoms with Crippen molar-refractivity contribution in [3.05, 3.63) is 44.2 Å². The summed E-state index contributed by atoms with van der Waals surface area (Å²) in [6, 6.07) is 7.59. The number of thiophene rings is 1. The fourth-order valence-electron chi connectivity index (χ4n) is 1.51. The predicted octanol–water partition coefficient (Wildman–Crippen LogP) is 4.95. The van der Waals surface area contributed by atoms with E-state index in [9.17, 15) is 4.79 Å². The lowest BCUT2D eigenvalue weighted by Gasteiger charge is -2.04. The van der Waals surface area contributed by atoms with E-state index in [-0.39, 0.29) is 0 Å². The Morgan fingerprint density at radius 3 is 2.69 bits per heavy atom. The molecule has 1 aromatic heterocycles. The van der Waals surface area contributed by atoms with Crippen LogP contribution in [0.3, 0.4) is 0 Å². The minimum atomic E-state index is 0.719. The molecule has 0 saturated heterocycles. The number of benzene rings is 1. The smallest absolute Gasteiger partial charge is 0.160 e. The molecular formula is C12H8BrClOS. The van der Waals surface area contributed by atoms with E-state index >= 15 is 0 Å². The molecule has 0 aliphatic rings. The molecule has 1 heterocycles. The van der Waals surface area contributed by atoms with Gasteiger partial charge in [-0.3, -0.25) is 4.79 Å². The van der Waals surface area contributed by atoms with E-state index in [4.69, 9.17) is 11.6 Å². The van der Waals surface area contributed by atoms with Gasteiger partial charge in [0, 0.05) is 14.4 Å². The lowest BCUT2D eigenvalue weighted by atomic mass is 10.1. The second-order valence-electron chi connectivity index (χ2n) is 3.40. The van der Waals surface area contributed by atoms with Gasteiger partial charge in [-0.15, -0.1) is 11.3 Å². The summed E-state index contributed by atoms with van der Waals surface area (Å²) in [4.78, 5) is 12.5. The Hall–Kier alpha value is -0.640. The maximum Gasteiger partial charge on any atom is 0.160 e. The van der Waals surface area contributed by atoms with Gasteiger partial charge < -0.3 is 0 Å². The number of rotatable bonds is 2. The van der Waals surface area contributed by atoms with Crippen LogP contribution in [0.25, 0.3) is 10.4 Å². The SMILES string of the molecule is Cc1cc(Cl)ccc1-c1sc(C=O)cc1Br. The maximum atomic E-state index is 10.7. The van der Waals surface area contributed by atoms with E-state index in [1.54, 1.807) is 0 Å². The van der Waals surface area contributed by atoms with E-state index in [0.717, 1.165) is 36.7 Å². The maximum absolute atomic E-state index is 10.7. The van der Waals surface area contributed by atoms with Crippen molar-refractivity contribution >= 4 is 45.2 Å². The fourth-order valence-corrected chi connectivity index (χ4v) is 3.55. The topological polar surface area (TPSA) is 17.1 Å². The van der Waals surface area contributed by atoms with Crippen LogP contribution in [-0.2, 0) is 0 Å². The van der Waals surface area contributed by atoms with Crippen molar-refractivity contribution in [3.8, 4) is 10.4 Å². The highest BCUT2D eigenvalue weighted by Crippen LogP contribution is 2.38. The summed E-state index contributed by atoms with van der Waals surface area (Å²) in [7, 11) is 0. The van der Waals surface area contributed by atoms with Crippen LogP contribution in [0.1, 0.15) is 15.2 Å². The van der Waals surface area contributed by atoms with E-state index < -0.39 is 0 Å². The zero-order valence-corrected chi connectivity index (χ0v) is 11.6. The third-order valence-corrected chi connectivity index (χ3v) is 4.47. The summed E-state index contributed by atoms with van der Waals surface area (Å²) in [6.45, 7) is 2.01. The fraction of sp³-hybridized carbons (Fsp3) is 0.0833. The number of aryl methyl sites for hydroxylation is 1. The summed E-state index contributed by atoms with van der Waals surface area (Å²) < 4.78 is 0.949. The molecule has 0 aliphatic heterocycles. The van der Waals surface area contributed by atoms with Gasteiger partial charge in [0.15, 0.2) is 6.29 Å². The van der Waals surface area contributed by atoms with Crippen molar-refractivity contribution in [1.82, 2.24) is 0 Å². The second-order valence-corrected chi connectivity index (χ2v) is 5.78. The summed E-state index contributed by atoms with van der Waals surface area (Å²) in [5.41, 5.74) is 2.21. The summed E-state index contributed by atoms with van der Waals surface area (Å²) in [6.07, 6.45) is 0.865. The van der Waals surface area contributed by atoms with E-state index in [1.165, 1.54) is 11.3 Å². The lowest BCUT2D eigenvalue weighted by Crippen LogP contribution is -1.80. The molecule has 4 heteroatoms. The van der Waals surface area contributed by atoms with Crippen molar-refractivity contribution in [3.63, 3.8) is 0 Å². The minimum Gasteiger partial charge on any atom is -0.297 e. The van der Waals surface area contributed by atoms with Crippen molar-refractivity contribution in [1.29, 1.82) is 0 Å². The molecule has 1 nitrogen and oxygen atoms in total. The van der Waals surface area contributed by atoms with E-state index in [2.05, 4.69) is 15.9 Å². The Bertz CT molecular complexity index is 548. The zero-order chi connectivity index (χ0) is 11.7. The molecule has 0 radical (unpaired) electrons. The van der Waals surface area contributed by atoms with Gasteiger partial charge in [0.05, 0.1) is 4.88 Å². The van der Waals surface area contributed by atoms with Gasteiger partial charge in [0.1, 0.15) is 0 Å². The monoisotopic (exact) mass is 314 g/mol. The van der Waals surface area contributed by atoms with Crippen molar-refractivity contribution in [2.45, 2.75) is 6.92 Å². The highest BCUT2D eigenvalue weighted by atomic mass is 79.9. The molecule has 1 aromatic carbocycles. The molecule has 0 unspecified atom stereocenters. The standard InChI is InChI=1S/C12H8BrClOS/c1-7-4-8(14)2-3-10(7)12-11(13)5-9(6-15)16-12/h2-6H,1H3. The minimum absolute atomic E-state index is 0.719. The molecule has 0 amide bonds. The van der Waals surface area contributed by atoms with Gasteiger partial charge in [-0.2, -0.15) is 0 Å². The second kappa shape index (κ2) is 4.70. The number of halogens is 2. The van der Waals surface area contributed by atoms with Gasteiger partial charge >= 0.3 is 0 Å².